The minimum Gasteiger partial charge on any atom is -0.511 e. The molecule has 18 heavy (non-hydrogen) atoms. The fourth-order valence-corrected chi connectivity index (χ4v) is 2.05. The largest absolute Gasteiger partial charge is 0.511 e. The van der Waals surface area contributed by atoms with Gasteiger partial charge in [-0.05, 0) is 29.3 Å². The molecule has 1 atom stereocenters. The summed E-state index contributed by atoms with van der Waals surface area (Å²) in [4.78, 5) is 0. The third-order valence-corrected chi connectivity index (χ3v) is 3.31. The summed E-state index contributed by atoms with van der Waals surface area (Å²) in [6, 6.07) is 4.61. The van der Waals surface area contributed by atoms with Crippen LogP contribution < -0.4 is 11.5 Å². The van der Waals surface area contributed by atoms with Crippen molar-refractivity contribution in [3.05, 3.63) is 41.7 Å². The van der Waals surface area contributed by atoms with Crippen LogP contribution >= 0.6 is 0 Å². The first-order valence-corrected chi connectivity index (χ1v) is 5.79. The molecule has 0 aromatic heterocycles. The quantitative estimate of drug-likeness (QED) is 0.451. The van der Waals surface area contributed by atoms with Gasteiger partial charge >= 0.3 is 0 Å². The Morgan fingerprint density at radius 1 is 1.22 bits per heavy atom. The van der Waals surface area contributed by atoms with Gasteiger partial charge < -0.3 is 21.7 Å². The monoisotopic (exact) mass is 246 g/mol. The van der Waals surface area contributed by atoms with Crippen molar-refractivity contribution in [3.63, 3.8) is 0 Å². The number of hydrogen-bond acceptors (Lipinski definition) is 4. The second-order valence-electron chi connectivity index (χ2n) is 5.24. The second-order valence-corrected chi connectivity index (χ2v) is 5.24. The molecule has 0 bridgehead atoms. The van der Waals surface area contributed by atoms with E-state index in [1.807, 2.05) is 19.9 Å². The number of nitrogens with two attached hydrogens (primary N) is 2. The lowest BCUT2D eigenvalue weighted by Crippen LogP contribution is -2.39. The van der Waals surface area contributed by atoms with Gasteiger partial charge in [-0.2, -0.15) is 0 Å². The van der Waals surface area contributed by atoms with Crippen molar-refractivity contribution in [3.8, 4) is 5.75 Å². The predicted molar refractivity (Wildman–Crippen MR) is 73.0 cm³/mol. The van der Waals surface area contributed by atoms with E-state index in [9.17, 15) is 10.2 Å². The Bertz CT molecular complexity index is 545. The summed E-state index contributed by atoms with van der Waals surface area (Å²) in [5.41, 5.74) is 13.1. The van der Waals surface area contributed by atoms with Gasteiger partial charge in [0, 0.05) is 5.41 Å². The second kappa shape index (κ2) is 4.07. The molecular formula is C14H18N2O2. The number of aliphatic hydroxyl groups is 1. The van der Waals surface area contributed by atoms with Gasteiger partial charge in [-0.15, -0.1) is 0 Å². The molecule has 1 aliphatic rings. The SMILES string of the molecule is CC1(C)C=C(c2ccc(N)c(O)c2)C=C(O)C1N. The normalized spacial score (nSPS) is 22.3. The highest BCUT2D eigenvalue weighted by molar-refractivity contribution is 5.78. The molecule has 0 heterocycles. The van der Waals surface area contributed by atoms with Crippen molar-refractivity contribution >= 4 is 11.3 Å². The summed E-state index contributed by atoms with van der Waals surface area (Å²) >= 11 is 0. The Morgan fingerprint density at radius 3 is 2.44 bits per heavy atom. The first kappa shape index (κ1) is 12.5. The molecule has 4 nitrogen and oxygen atoms in total. The number of rotatable bonds is 1. The van der Waals surface area contributed by atoms with Crippen LogP contribution in [0.3, 0.4) is 0 Å². The van der Waals surface area contributed by atoms with Crippen molar-refractivity contribution in [1.82, 2.24) is 0 Å². The lowest BCUT2D eigenvalue weighted by atomic mass is 9.77. The number of anilines is 1. The number of allylic oxidation sites excluding steroid dienone is 2. The highest BCUT2D eigenvalue weighted by Gasteiger charge is 2.31. The summed E-state index contributed by atoms with van der Waals surface area (Å²) in [5, 5.41) is 19.5. The van der Waals surface area contributed by atoms with Crippen LogP contribution in [0.15, 0.2) is 36.1 Å². The summed E-state index contributed by atoms with van der Waals surface area (Å²) in [7, 11) is 0. The van der Waals surface area contributed by atoms with Crippen LogP contribution in [0.1, 0.15) is 19.4 Å². The molecule has 1 aromatic carbocycles. The average Bonchev–Trinajstić information content (AvgIpc) is 2.29. The molecule has 0 fully saturated rings. The number of hydrogen-bond donors (Lipinski definition) is 4. The van der Waals surface area contributed by atoms with Gasteiger partial charge in [-0.1, -0.05) is 26.0 Å². The van der Waals surface area contributed by atoms with E-state index in [0.29, 0.717) is 5.69 Å². The van der Waals surface area contributed by atoms with E-state index in [1.54, 1.807) is 24.3 Å². The molecule has 2 rings (SSSR count). The molecule has 0 aliphatic heterocycles. The van der Waals surface area contributed by atoms with Crippen molar-refractivity contribution < 1.29 is 10.2 Å². The molecule has 1 aromatic rings. The molecular weight excluding hydrogens is 228 g/mol. The van der Waals surface area contributed by atoms with Crippen molar-refractivity contribution in [2.75, 3.05) is 5.73 Å². The molecule has 0 amide bonds. The Kier molecular flexibility index (Phi) is 2.83. The lowest BCUT2D eigenvalue weighted by Gasteiger charge is -2.32. The molecule has 1 aliphatic carbocycles. The average molecular weight is 246 g/mol. The summed E-state index contributed by atoms with van der Waals surface area (Å²) in [6.45, 7) is 3.91. The number of phenols is 1. The lowest BCUT2D eigenvalue weighted by molar-refractivity contribution is 0.285. The molecule has 4 heteroatoms. The van der Waals surface area contributed by atoms with Gasteiger partial charge in [-0.25, -0.2) is 0 Å². The Morgan fingerprint density at radius 2 is 1.89 bits per heavy atom. The first-order chi connectivity index (χ1) is 8.31. The number of benzene rings is 1. The Labute approximate surface area is 106 Å². The molecule has 1 unspecified atom stereocenters. The van der Waals surface area contributed by atoms with Gasteiger partial charge in [0.15, 0.2) is 0 Å². The van der Waals surface area contributed by atoms with Gasteiger partial charge in [-0.3, -0.25) is 0 Å². The zero-order valence-electron chi connectivity index (χ0n) is 10.5. The highest BCUT2D eigenvalue weighted by atomic mass is 16.3. The standard InChI is InChI=1S/C14H18N2O2/c1-14(2)7-9(6-12(18)13(14)16)8-3-4-10(15)11(17)5-8/h3-7,13,17-18H,15-16H2,1-2H3. The fourth-order valence-electron chi connectivity index (χ4n) is 2.05. The summed E-state index contributed by atoms with van der Waals surface area (Å²) in [6.07, 6.45) is 3.61. The van der Waals surface area contributed by atoms with Crippen LogP contribution in [0.4, 0.5) is 5.69 Å². The number of nitrogen functional groups attached to an aromatic ring is 1. The van der Waals surface area contributed by atoms with Crippen molar-refractivity contribution in [2.45, 2.75) is 19.9 Å². The number of phenolic OH excluding ortho intramolecular Hbond substituents is 1. The van der Waals surface area contributed by atoms with E-state index >= 15 is 0 Å². The van der Waals surface area contributed by atoms with Crippen molar-refractivity contribution in [2.24, 2.45) is 11.1 Å². The van der Waals surface area contributed by atoms with E-state index in [4.69, 9.17) is 11.5 Å². The maximum Gasteiger partial charge on any atom is 0.139 e. The van der Waals surface area contributed by atoms with Crippen LogP contribution in [-0.4, -0.2) is 16.3 Å². The summed E-state index contributed by atoms with van der Waals surface area (Å²) in [5.74, 6) is 0.183. The third-order valence-electron chi connectivity index (χ3n) is 3.31. The Hall–Kier alpha value is -1.94. The predicted octanol–water partition coefficient (Wildman–Crippen LogP) is 2.17. The molecule has 0 spiro atoms. The van der Waals surface area contributed by atoms with Gasteiger partial charge in [0.25, 0.3) is 0 Å². The van der Waals surface area contributed by atoms with E-state index in [2.05, 4.69) is 0 Å². The topological polar surface area (TPSA) is 92.5 Å². The van der Waals surface area contributed by atoms with Crippen LogP contribution in [-0.2, 0) is 0 Å². The highest BCUT2D eigenvalue weighted by Crippen LogP contribution is 2.36. The van der Waals surface area contributed by atoms with Crippen LogP contribution in [0.2, 0.25) is 0 Å². The van der Waals surface area contributed by atoms with E-state index in [1.165, 1.54) is 0 Å². The first-order valence-electron chi connectivity index (χ1n) is 5.79. The molecule has 0 saturated carbocycles. The third kappa shape index (κ3) is 2.07. The minimum atomic E-state index is -0.413. The summed E-state index contributed by atoms with van der Waals surface area (Å²) < 4.78 is 0. The number of aromatic hydroxyl groups is 1. The van der Waals surface area contributed by atoms with E-state index < -0.39 is 6.04 Å². The zero-order chi connectivity index (χ0) is 13.5. The smallest absolute Gasteiger partial charge is 0.139 e. The van der Waals surface area contributed by atoms with Gasteiger partial charge in [0.1, 0.15) is 11.5 Å². The molecule has 0 radical (unpaired) electrons. The fraction of sp³-hybridized carbons (Fsp3) is 0.286. The zero-order valence-corrected chi connectivity index (χ0v) is 10.5. The maximum absolute atomic E-state index is 9.88. The van der Waals surface area contributed by atoms with Crippen LogP contribution in [0.5, 0.6) is 5.75 Å². The van der Waals surface area contributed by atoms with E-state index in [-0.39, 0.29) is 16.9 Å². The minimum absolute atomic E-state index is 0.0361. The molecule has 96 valence electrons. The van der Waals surface area contributed by atoms with Crippen LogP contribution in [0, 0.1) is 5.41 Å². The van der Waals surface area contributed by atoms with Crippen LogP contribution in [0.25, 0.3) is 5.57 Å². The van der Waals surface area contributed by atoms with Gasteiger partial charge in [0.2, 0.25) is 0 Å². The number of aliphatic hydroxyl groups excluding tert-OH is 1. The van der Waals surface area contributed by atoms with Gasteiger partial charge in [0.05, 0.1) is 11.7 Å². The maximum atomic E-state index is 9.88. The van der Waals surface area contributed by atoms with Crippen molar-refractivity contribution in [1.29, 1.82) is 0 Å². The Balaban J connectivity index is 2.48. The van der Waals surface area contributed by atoms with E-state index in [0.717, 1.165) is 11.1 Å². The molecule has 0 saturated heterocycles. The molecule has 6 N–H and O–H groups in total.